The van der Waals surface area contributed by atoms with Crippen LogP contribution in [0.4, 0.5) is 35.3 Å². The molecule has 166 valence electrons. The number of aromatic nitrogens is 2. The summed E-state index contributed by atoms with van der Waals surface area (Å²) in [4.78, 5) is 18.3. The molecular formula is C20H23F3N6O2. The van der Waals surface area contributed by atoms with Gasteiger partial charge in [-0.1, -0.05) is 12.1 Å². The molecule has 0 bridgehead atoms. The van der Waals surface area contributed by atoms with Crippen LogP contribution in [-0.2, 0) is 0 Å². The Morgan fingerprint density at radius 3 is 2.03 bits per heavy atom. The van der Waals surface area contributed by atoms with Crippen LogP contribution in [-0.4, -0.2) is 66.8 Å². The van der Waals surface area contributed by atoms with Gasteiger partial charge in [0.15, 0.2) is 17.4 Å². The Hall–Kier alpha value is -3.24. The standard InChI is InChI=1S/C20H23F3N6O2/c21-20(22,23)31-16-6-2-1-5-15(16)24-19(30)29-13-11-28(12-14-29)18-8-7-17(25-26-18)27-9-3-4-10-27/h1-2,5-8H,3-4,9-14H2,(H,24,30). The summed E-state index contributed by atoms with van der Waals surface area (Å²) in [5.41, 5.74) is -0.0318. The van der Waals surface area contributed by atoms with Gasteiger partial charge in [0, 0.05) is 39.3 Å². The number of alkyl halides is 3. The number of rotatable bonds is 4. The number of amides is 2. The van der Waals surface area contributed by atoms with E-state index < -0.39 is 18.1 Å². The van der Waals surface area contributed by atoms with Crippen molar-refractivity contribution in [3.05, 3.63) is 36.4 Å². The molecule has 0 aliphatic carbocycles. The predicted octanol–water partition coefficient (Wildman–Crippen LogP) is 3.33. The Morgan fingerprint density at radius 1 is 0.871 bits per heavy atom. The van der Waals surface area contributed by atoms with Gasteiger partial charge < -0.3 is 24.8 Å². The highest BCUT2D eigenvalue weighted by Gasteiger charge is 2.32. The van der Waals surface area contributed by atoms with Crippen LogP contribution in [0.2, 0.25) is 0 Å². The van der Waals surface area contributed by atoms with Crippen molar-refractivity contribution in [1.29, 1.82) is 0 Å². The Bertz CT molecular complexity index is 895. The lowest BCUT2D eigenvalue weighted by Crippen LogP contribution is -2.50. The molecule has 1 N–H and O–H groups in total. The van der Waals surface area contributed by atoms with Crippen LogP contribution >= 0.6 is 0 Å². The van der Waals surface area contributed by atoms with Crippen LogP contribution in [0.15, 0.2) is 36.4 Å². The molecule has 2 amide bonds. The van der Waals surface area contributed by atoms with Gasteiger partial charge in [0.05, 0.1) is 5.69 Å². The van der Waals surface area contributed by atoms with Crippen LogP contribution in [0.5, 0.6) is 5.75 Å². The van der Waals surface area contributed by atoms with Crippen molar-refractivity contribution in [2.75, 3.05) is 54.4 Å². The van der Waals surface area contributed by atoms with Crippen molar-refractivity contribution in [2.24, 2.45) is 0 Å². The Kier molecular flexibility index (Phi) is 6.01. The Labute approximate surface area is 177 Å². The molecule has 1 aromatic carbocycles. The van der Waals surface area contributed by atoms with Gasteiger partial charge in [0.1, 0.15) is 0 Å². The van der Waals surface area contributed by atoms with E-state index in [1.165, 1.54) is 31.0 Å². The average Bonchev–Trinajstić information content (AvgIpc) is 3.29. The lowest BCUT2D eigenvalue weighted by atomic mass is 10.3. The third-order valence-corrected chi connectivity index (χ3v) is 5.31. The average molecular weight is 436 g/mol. The highest BCUT2D eigenvalue weighted by molar-refractivity contribution is 5.91. The molecule has 0 saturated carbocycles. The van der Waals surface area contributed by atoms with Crippen molar-refractivity contribution in [3.63, 3.8) is 0 Å². The fourth-order valence-electron chi connectivity index (χ4n) is 3.72. The maximum atomic E-state index is 12.6. The maximum Gasteiger partial charge on any atom is 0.573 e. The number of nitrogens with zero attached hydrogens (tertiary/aromatic N) is 5. The van der Waals surface area contributed by atoms with Crippen molar-refractivity contribution in [2.45, 2.75) is 19.2 Å². The molecule has 31 heavy (non-hydrogen) atoms. The van der Waals surface area contributed by atoms with E-state index in [2.05, 4.69) is 25.2 Å². The number of nitrogens with one attached hydrogen (secondary N) is 1. The first-order valence-corrected chi connectivity index (χ1v) is 10.1. The van der Waals surface area contributed by atoms with Crippen LogP contribution < -0.4 is 19.9 Å². The monoisotopic (exact) mass is 436 g/mol. The molecular weight excluding hydrogens is 413 g/mol. The second-order valence-electron chi connectivity index (χ2n) is 7.39. The summed E-state index contributed by atoms with van der Waals surface area (Å²) >= 11 is 0. The lowest BCUT2D eigenvalue weighted by Gasteiger charge is -2.35. The number of piperazine rings is 1. The predicted molar refractivity (Wildman–Crippen MR) is 109 cm³/mol. The van der Waals surface area contributed by atoms with E-state index >= 15 is 0 Å². The number of hydrogen-bond donors (Lipinski definition) is 1. The number of urea groups is 1. The minimum absolute atomic E-state index is 0.0318. The van der Waals surface area contributed by atoms with Crippen molar-refractivity contribution in [3.8, 4) is 5.75 Å². The van der Waals surface area contributed by atoms with E-state index in [1.807, 2.05) is 17.0 Å². The fourth-order valence-corrected chi connectivity index (χ4v) is 3.72. The minimum atomic E-state index is -4.84. The minimum Gasteiger partial charge on any atom is -0.404 e. The maximum absolute atomic E-state index is 12.6. The number of anilines is 3. The molecule has 0 radical (unpaired) electrons. The molecule has 2 aromatic rings. The molecule has 8 nitrogen and oxygen atoms in total. The zero-order valence-corrected chi connectivity index (χ0v) is 16.8. The topological polar surface area (TPSA) is 73.8 Å². The molecule has 2 saturated heterocycles. The van der Waals surface area contributed by atoms with E-state index in [0.29, 0.717) is 26.2 Å². The third kappa shape index (κ3) is 5.28. The van der Waals surface area contributed by atoms with Crippen LogP contribution in [0.3, 0.4) is 0 Å². The molecule has 0 atom stereocenters. The molecule has 3 heterocycles. The normalized spacial score (nSPS) is 17.1. The highest BCUT2D eigenvalue weighted by Crippen LogP contribution is 2.30. The van der Waals surface area contributed by atoms with Gasteiger partial charge in [-0.05, 0) is 37.1 Å². The zero-order chi connectivity index (χ0) is 21.8. The van der Waals surface area contributed by atoms with Crippen molar-refractivity contribution in [1.82, 2.24) is 15.1 Å². The van der Waals surface area contributed by atoms with Gasteiger partial charge in [-0.25, -0.2) is 4.79 Å². The summed E-state index contributed by atoms with van der Waals surface area (Å²) in [5.74, 6) is 1.17. The second kappa shape index (κ2) is 8.86. The molecule has 0 unspecified atom stereocenters. The Morgan fingerprint density at radius 2 is 1.45 bits per heavy atom. The second-order valence-corrected chi connectivity index (χ2v) is 7.39. The van der Waals surface area contributed by atoms with Gasteiger partial charge in [-0.15, -0.1) is 23.4 Å². The number of hydrogen-bond acceptors (Lipinski definition) is 6. The van der Waals surface area contributed by atoms with E-state index in [9.17, 15) is 18.0 Å². The summed E-state index contributed by atoms with van der Waals surface area (Å²) < 4.78 is 41.7. The quantitative estimate of drug-likeness (QED) is 0.793. The zero-order valence-electron chi connectivity index (χ0n) is 16.8. The van der Waals surface area contributed by atoms with Crippen molar-refractivity contribution < 1.29 is 22.7 Å². The lowest BCUT2D eigenvalue weighted by molar-refractivity contribution is -0.274. The Balaban J connectivity index is 1.32. The number of benzene rings is 1. The van der Waals surface area contributed by atoms with E-state index in [-0.39, 0.29) is 5.69 Å². The number of para-hydroxylation sites is 2. The largest absolute Gasteiger partial charge is 0.573 e. The number of carbonyl (C=O) groups is 1. The number of ether oxygens (including phenoxy) is 1. The summed E-state index contributed by atoms with van der Waals surface area (Å²) in [5, 5.41) is 11.1. The van der Waals surface area contributed by atoms with E-state index in [0.717, 1.165) is 30.8 Å². The smallest absolute Gasteiger partial charge is 0.404 e. The van der Waals surface area contributed by atoms with E-state index in [1.54, 1.807) is 4.90 Å². The molecule has 4 rings (SSSR count). The molecule has 1 aromatic heterocycles. The van der Waals surface area contributed by atoms with Gasteiger partial charge in [0.25, 0.3) is 0 Å². The first-order chi connectivity index (χ1) is 14.9. The summed E-state index contributed by atoms with van der Waals surface area (Å²) in [6.45, 7) is 3.91. The van der Waals surface area contributed by atoms with E-state index in [4.69, 9.17) is 0 Å². The molecule has 2 aliphatic heterocycles. The number of halogens is 3. The highest BCUT2D eigenvalue weighted by atomic mass is 19.4. The van der Waals surface area contributed by atoms with Crippen LogP contribution in [0.1, 0.15) is 12.8 Å². The summed E-state index contributed by atoms with van der Waals surface area (Å²) in [7, 11) is 0. The van der Waals surface area contributed by atoms with Gasteiger partial charge in [-0.2, -0.15) is 0 Å². The van der Waals surface area contributed by atoms with Gasteiger partial charge in [0.2, 0.25) is 0 Å². The fraction of sp³-hybridized carbons (Fsp3) is 0.450. The van der Waals surface area contributed by atoms with Gasteiger partial charge >= 0.3 is 12.4 Å². The molecule has 11 heteroatoms. The summed E-state index contributed by atoms with van der Waals surface area (Å²) in [6, 6.07) is 8.88. The summed E-state index contributed by atoms with van der Waals surface area (Å²) in [6.07, 6.45) is -2.50. The third-order valence-electron chi connectivity index (χ3n) is 5.31. The molecule has 0 spiro atoms. The van der Waals surface area contributed by atoms with Crippen LogP contribution in [0.25, 0.3) is 0 Å². The first kappa shape index (κ1) is 21.0. The number of carbonyl (C=O) groups excluding carboxylic acids is 1. The molecule has 2 fully saturated rings. The molecule has 2 aliphatic rings. The van der Waals surface area contributed by atoms with Crippen LogP contribution in [0, 0.1) is 0 Å². The SMILES string of the molecule is O=C(Nc1ccccc1OC(F)(F)F)N1CCN(c2ccc(N3CCCC3)nn2)CC1. The van der Waals surface area contributed by atoms with Crippen molar-refractivity contribution >= 4 is 23.4 Å². The first-order valence-electron chi connectivity index (χ1n) is 10.1. The van der Waals surface area contributed by atoms with Gasteiger partial charge in [-0.3, -0.25) is 0 Å².